The Kier molecular flexibility index (Phi) is 6.66. The van der Waals surface area contributed by atoms with Crippen molar-refractivity contribution >= 4 is 5.69 Å². The van der Waals surface area contributed by atoms with Crippen LogP contribution in [0.1, 0.15) is 38.2 Å². The van der Waals surface area contributed by atoms with Crippen LogP contribution < -0.4 is 10.1 Å². The van der Waals surface area contributed by atoms with E-state index < -0.39 is 0 Å². The number of benzene rings is 2. The van der Waals surface area contributed by atoms with Gasteiger partial charge < -0.3 is 10.1 Å². The Morgan fingerprint density at radius 1 is 0.857 bits per heavy atom. The van der Waals surface area contributed by atoms with Crippen molar-refractivity contribution in [2.45, 2.75) is 39.2 Å². The van der Waals surface area contributed by atoms with Gasteiger partial charge >= 0.3 is 0 Å². The van der Waals surface area contributed by atoms with Crippen molar-refractivity contribution in [3.05, 3.63) is 60.2 Å². The average Bonchev–Trinajstić information content (AvgIpc) is 2.55. The molecule has 0 atom stereocenters. The molecule has 0 saturated carbocycles. The summed E-state index contributed by atoms with van der Waals surface area (Å²) in [4.78, 5) is 0. The van der Waals surface area contributed by atoms with E-state index in [9.17, 15) is 0 Å². The summed E-state index contributed by atoms with van der Waals surface area (Å²) >= 11 is 0. The molecule has 2 aromatic carbocycles. The van der Waals surface area contributed by atoms with Gasteiger partial charge in [0.2, 0.25) is 0 Å². The van der Waals surface area contributed by atoms with Crippen molar-refractivity contribution < 1.29 is 4.74 Å². The van der Waals surface area contributed by atoms with Crippen LogP contribution in [0.5, 0.6) is 5.75 Å². The molecule has 2 heteroatoms. The van der Waals surface area contributed by atoms with E-state index in [1.165, 1.54) is 31.2 Å². The van der Waals surface area contributed by atoms with Gasteiger partial charge in [0.1, 0.15) is 12.4 Å². The van der Waals surface area contributed by atoms with Crippen molar-refractivity contribution in [3.8, 4) is 5.75 Å². The van der Waals surface area contributed by atoms with Gasteiger partial charge in [-0.15, -0.1) is 0 Å². The van der Waals surface area contributed by atoms with Gasteiger partial charge in [0, 0.05) is 6.54 Å². The fraction of sp³-hybridized carbons (Fsp3) is 0.368. The molecule has 0 aliphatic rings. The van der Waals surface area contributed by atoms with Crippen molar-refractivity contribution in [1.29, 1.82) is 0 Å². The topological polar surface area (TPSA) is 21.3 Å². The number of para-hydroxylation sites is 2. The molecule has 0 bridgehead atoms. The third-order valence-electron chi connectivity index (χ3n) is 3.47. The summed E-state index contributed by atoms with van der Waals surface area (Å²) in [6, 6.07) is 18.4. The first-order valence-corrected chi connectivity index (χ1v) is 7.90. The standard InChI is InChI=1S/C19H25NO/c1-2-3-4-10-15-20-18-13-8-9-14-19(18)21-16-17-11-6-5-7-12-17/h5-9,11-14,20H,2-4,10,15-16H2,1H3. The first-order chi connectivity index (χ1) is 10.4. The molecule has 0 aliphatic carbocycles. The molecule has 0 aliphatic heterocycles. The van der Waals surface area contributed by atoms with Gasteiger partial charge in [-0.2, -0.15) is 0 Å². The van der Waals surface area contributed by atoms with Crippen molar-refractivity contribution in [2.75, 3.05) is 11.9 Å². The number of hydrogen-bond donors (Lipinski definition) is 1. The monoisotopic (exact) mass is 283 g/mol. The predicted octanol–water partition coefficient (Wildman–Crippen LogP) is 5.26. The summed E-state index contributed by atoms with van der Waals surface area (Å²) in [6.07, 6.45) is 5.09. The van der Waals surface area contributed by atoms with Crippen LogP contribution in [-0.2, 0) is 6.61 Å². The maximum Gasteiger partial charge on any atom is 0.142 e. The van der Waals surface area contributed by atoms with Crippen LogP contribution in [-0.4, -0.2) is 6.54 Å². The Hall–Kier alpha value is -1.96. The Balaban J connectivity index is 1.84. The molecule has 0 saturated heterocycles. The fourth-order valence-corrected chi connectivity index (χ4v) is 2.25. The second-order valence-electron chi connectivity index (χ2n) is 5.26. The lowest BCUT2D eigenvalue weighted by molar-refractivity contribution is 0.307. The van der Waals surface area contributed by atoms with Gasteiger partial charge in [0.25, 0.3) is 0 Å². The van der Waals surface area contributed by atoms with Gasteiger partial charge in [-0.3, -0.25) is 0 Å². The number of anilines is 1. The molecular weight excluding hydrogens is 258 g/mol. The largest absolute Gasteiger partial charge is 0.487 e. The highest BCUT2D eigenvalue weighted by atomic mass is 16.5. The maximum absolute atomic E-state index is 5.94. The van der Waals surface area contributed by atoms with E-state index in [-0.39, 0.29) is 0 Å². The highest BCUT2D eigenvalue weighted by molar-refractivity contribution is 5.56. The maximum atomic E-state index is 5.94. The number of nitrogens with one attached hydrogen (secondary N) is 1. The second kappa shape index (κ2) is 9.06. The van der Waals surface area contributed by atoms with Gasteiger partial charge in [0.15, 0.2) is 0 Å². The van der Waals surface area contributed by atoms with Crippen LogP contribution >= 0.6 is 0 Å². The van der Waals surface area contributed by atoms with E-state index in [0.717, 1.165) is 18.0 Å². The minimum Gasteiger partial charge on any atom is -0.487 e. The van der Waals surface area contributed by atoms with Gasteiger partial charge in [0.05, 0.1) is 5.69 Å². The van der Waals surface area contributed by atoms with E-state index in [1.54, 1.807) is 0 Å². The first-order valence-electron chi connectivity index (χ1n) is 7.90. The third-order valence-corrected chi connectivity index (χ3v) is 3.47. The lowest BCUT2D eigenvalue weighted by Crippen LogP contribution is -2.04. The molecule has 0 heterocycles. The van der Waals surface area contributed by atoms with Gasteiger partial charge in [-0.25, -0.2) is 0 Å². The lowest BCUT2D eigenvalue weighted by Gasteiger charge is -2.13. The molecule has 1 N–H and O–H groups in total. The molecule has 0 spiro atoms. The van der Waals surface area contributed by atoms with Crippen molar-refractivity contribution in [1.82, 2.24) is 0 Å². The molecule has 112 valence electrons. The first kappa shape index (κ1) is 15.4. The highest BCUT2D eigenvalue weighted by Crippen LogP contribution is 2.24. The molecule has 0 aromatic heterocycles. The molecule has 0 amide bonds. The molecule has 21 heavy (non-hydrogen) atoms. The number of ether oxygens (including phenoxy) is 1. The Morgan fingerprint density at radius 3 is 2.43 bits per heavy atom. The SMILES string of the molecule is CCCCCCNc1ccccc1OCc1ccccc1. The molecular formula is C19H25NO. The Bertz CT molecular complexity index is 510. The van der Waals surface area contributed by atoms with E-state index in [1.807, 2.05) is 36.4 Å². The Morgan fingerprint density at radius 2 is 1.62 bits per heavy atom. The summed E-state index contributed by atoms with van der Waals surface area (Å²) in [5.74, 6) is 0.928. The van der Waals surface area contributed by atoms with E-state index >= 15 is 0 Å². The average molecular weight is 283 g/mol. The molecule has 2 nitrogen and oxygen atoms in total. The third kappa shape index (κ3) is 5.50. The van der Waals surface area contributed by atoms with Crippen LogP contribution in [0.2, 0.25) is 0 Å². The zero-order chi connectivity index (χ0) is 14.8. The van der Waals surface area contributed by atoms with E-state index in [4.69, 9.17) is 4.74 Å². The summed E-state index contributed by atoms with van der Waals surface area (Å²) in [5.41, 5.74) is 2.28. The van der Waals surface area contributed by atoms with Gasteiger partial charge in [-0.05, 0) is 24.1 Å². The minimum atomic E-state index is 0.607. The van der Waals surface area contributed by atoms with Crippen molar-refractivity contribution in [2.24, 2.45) is 0 Å². The summed E-state index contributed by atoms with van der Waals surface area (Å²) in [6.45, 7) is 3.85. The quantitative estimate of drug-likeness (QED) is 0.634. The highest BCUT2D eigenvalue weighted by Gasteiger charge is 2.02. The molecule has 2 aromatic rings. The van der Waals surface area contributed by atoms with Gasteiger partial charge in [-0.1, -0.05) is 68.7 Å². The second-order valence-corrected chi connectivity index (χ2v) is 5.26. The lowest BCUT2D eigenvalue weighted by atomic mass is 10.2. The smallest absolute Gasteiger partial charge is 0.142 e. The molecule has 0 unspecified atom stereocenters. The van der Waals surface area contributed by atoms with Crippen LogP contribution in [0.15, 0.2) is 54.6 Å². The van der Waals surface area contributed by atoms with E-state index in [2.05, 4.69) is 30.4 Å². The summed E-state index contributed by atoms with van der Waals surface area (Å²) < 4.78 is 5.94. The normalized spacial score (nSPS) is 10.3. The predicted molar refractivity (Wildman–Crippen MR) is 89.8 cm³/mol. The minimum absolute atomic E-state index is 0.607. The molecule has 0 fully saturated rings. The molecule has 2 rings (SSSR count). The van der Waals surface area contributed by atoms with Crippen LogP contribution in [0.3, 0.4) is 0 Å². The Labute approximate surface area is 128 Å². The van der Waals surface area contributed by atoms with E-state index in [0.29, 0.717) is 6.61 Å². The van der Waals surface area contributed by atoms with Crippen LogP contribution in [0, 0.1) is 0 Å². The fourth-order valence-electron chi connectivity index (χ4n) is 2.25. The zero-order valence-corrected chi connectivity index (χ0v) is 12.8. The summed E-state index contributed by atoms with van der Waals surface area (Å²) in [7, 11) is 0. The number of unbranched alkanes of at least 4 members (excludes halogenated alkanes) is 3. The van der Waals surface area contributed by atoms with Crippen LogP contribution in [0.25, 0.3) is 0 Å². The zero-order valence-electron chi connectivity index (χ0n) is 12.8. The molecule has 0 radical (unpaired) electrons. The summed E-state index contributed by atoms with van der Waals surface area (Å²) in [5, 5.41) is 3.48. The number of hydrogen-bond acceptors (Lipinski definition) is 2. The van der Waals surface area contributed by atoms with Crippen molar-refractivity contribution in [3.63, 3.8) is 0 Å². The number of rotatable bonds is 9. The van der Waals surface area contributed by atoms with Crippen LogP contribution in [0.4, 0.5) is 5.69 Å².